The van der Waals surface area contributed by atoms with E-state index in [-0.39, 0.29) is 17.8 Å². The van der Waals surface area contributed by atoms with Crippen LogP contribution in [0.5, 0.6) is 0 Å². The molecule has 7 nitrogen and oxygen atoms in total. The number of rotatable bonds is 5. The van der Waals surface area contributed by atoms with Gasteiger partial charge in [0.25, 0.3) is 0 Å². The van der Waals surface area contributed by atoms with Gasteiger partial charge in [0.05, 0.1) is 6.54 Å². The number of aromatic carboxylic acids is 1. The van der Waals surface area contributed by atoms with Gasteiger partial charge in [-0.25, -0.2) is 9.59 Å². The number of carboxylic acid groups (broad SMARTS) is 1. The molecular weight excluding hydrogens is 288 g/mol. The van der Waals surface area contributed by atoms with Crippen molar-refractivity contribution in [1.29, 1.82) is 0 Å². The normalized spacial score (nSPS) is 21.0. The molecule has 0 aliphatic heterocycles. The van der Waals surface area contributed by atoms with Gasteiger partial charge in [-0.1, -0.05) is 0 Å². The highest BCUT2D eigenvalue weighted by Gasteiger charge is 2.31. The molecule has 3 N–H and O–H groups in total. The predicted molar refractivity (Wildman–Crippen MR) is 78.7 cm³/mol. The number of furan rings is 1. The Balaban J connectivity index is 1.65. The molecule has 0 aromatic carbocycles. The first-order valence-corrected chi connectivity index (χ1v) is 7.28. The lowest BCUT2D eigenvalue weighted by atomic mass is 9.87. The molecular formula is C15H22N2O5. The number of alkyl carbamates (subject to hydrolysis) is 1. The summed E-state index contributed by atoms with van der Waals surface area (Å²) in [6, 6.07) is 3.47. The molecule has 1 aliphatic carbocycles. The Morgan fingerprint density at radius 2 is 2.00 bits per heavy atom. The third kappa shape index (κ3) is 4.77. The molecule has 1 amide bonds. The number of carbonyl (C=O) groups is 2. The topological polar surface area (TPSA) is 101 Å². The molecule has 1 aromatic heterocycles. The van der Waals surface area contributed by atoms with Crippen LogP contribution in [-0.2, 0) is 11.3 Å². The van der Waals surface area contributed by atoms with Crippen molar-refractivity contribution < 1.29 is 23.8 Å². The highest BCUT2D eigenvalue weighted by Crippen LogP contribution is 2.21. The monoisotopic (exact) mass is 310 g/mol. The molecule has 0 bridgehead atoms. The summed E-state index contributed by atoms with van der Waals surface area (Å²) in [5.41, 5.74) is -0.493. The Labute approximate surface area is 129 Å². The lowest BCUT2D eigenvalue weighted by Crippen LogP contribution is -2.52. The van der Waals surface area contributed by atoms with Crippen LogP contribution >= 0.6 is 0 Å². The second kappa shape index (κ2) is 6.39. The van der Waals surface area contributed by atoms with Gasteiger partial charge in [-0.05, 0) is 45.7 Å². The maximum Gasteiger partial charge on any atom is 0.407 e. The SMILES string of the molecule is CC(C)(C)OC(=O)NC1CC(NCc2ccc(C(=O)O)o2)C1. The number of nitrogens with one attached hydrogen (secondary N) is 2. The zero-order chi connectivity index (χ0) is 16.3. The molecule has 1 saturated carbocycles. The summed E-state index contributed by atoms with van der Waals surface area (Å²) < 4.78 is 10.4. The van der Waals surface area contributed by atoms with Crippen molar-refractivity contribution in [3.63, 3.8) is 0 Å². The van der Waals surface area contributed by atoms with Crippen LogP contribution in [0.4, 0.5) is 4.79 Å². The van der Waals surface area contributed by atoms with E-state index in [0.29, 0.717) is 12.3 Å². The quantitative estimate of drug-likeness (QED) is 0.770. The van der Waals surface area contributed by atoms with Crippen LogP contribution in [0.15, 0.2) is 16.5 Å². The van der Waals surface area contributed by atoms with E-state index in [1.807, 2.05) is 20.8 Å². The summed E-state index contributed by atoms with van der Waals surface area (Å²) in [7, 11) is 0. The first-order chi connectivity index (χ1) is 10.2. The van der Waals surface area contributed by atoms with Gasteiger partial charge in [0.1, 0.15) is 11.4 Å². The average molecular weight is 310 g/mol. The summed E-state index contributed by atoms with van der Waals surface area (Å²) in [5, 5.41) is 14.8. The summed E-state index contributed by atoms with van der Waals surface area (Å²) in [6.07, 6.45) is 1.23. The smallest absolute Gasteiger partial charge is 0.407 e. The maximum absolute atomic E-state index is 11.6. The van der Waals surface area contributed by atoms with Crippen molar-refractivity contribution in [3.8, 4) is 0 Å². The van der Waals surface area contributed by atoms with Crippen LogP contribution < -0.4 is 10.6 Å². The molecule has 0 atom stereocenters. The van der Waals surface area contributed by atoms with Crippen molar-refractivity contribution in [2.45, 2.75) is 57.8 Å². The van der Waals surface area contributed by atoms with Crippen LogP contribution in [0, 0.1) is 0 Å². The van der Waals surface area contributed by atoms with E-state index in [9.17, 15) is 9.59 Å². The molecule has 7 heteroatoms. The Bertz CT molecular complexity index is 540. The molecule has 22 heavy (non-hydrogen) atoms. The van der Waals surface area contributed by atoms with E-state index in [2.05, 4.69) is 10.6 Å². The fourth-order valence-corrected chi connectivity index (χ4v) is 2.21. The number of carboxylic acids is 1. The third-order valence-electron chi connectivity index (χ3n) is 3.30. The van der Waals surface area contributed by atoms with Crippen molar-refractivity contribution >= 4 is 12.1 Å². The number of ether oxygens (including phenoxy) is 1. The van der Waals surface area contributed by atoms with Crippen molar-refractivity contribution in [2.75, 3.05) is 0 Å². The molecule has 0 radical (unpaired) electrons. The molecule has 0 unspecified atom stereocenters. The summed E-state index contributed by atoms with van der Waals surface area (Å²) in [6.45, 7) is 5.95. The lowest BCUT2D eigenvalue weighted by Gasteiger charge is -2.36. The Morgan fingerprint density at radius 1 is 1.32 bits per heavy atom. The van der Waals surface area contributed by atoms with Gasteiger partial charge in [0.15, 0.2) is 0 Å². The van der Waals surface area contributed by atoms with Gasteiger partial charge < -0.3 is 24.9 Å². The first kappa shape index (κ1) is 16.4. The van der Waals surface area contributed by atoms with Gasteiger partial charge in [0.2, 0.25) is 5.76 Å². The minimum Gasteiger partial charge on any atom is -0.475 e. The Morgan fingerprint density at radius 3 is 2.55 bits per heavy atom. The fourth-order valence-electron chi connectivity index (χ4n) is 2.21. The van der Waals surface area contributed by atoms with Gasteiger partial charge in [-0.3, -0.25) is 0 Å². The first-order valence-electron chi connectivity index (χ1n) is 7.28. The maximum atomic E-state index is 11.6. The van der Waals surface area contributed by atoms with Crippen molar-refractivity contribution in [1.82, 2.24) is 10.6 Å². The second-order valence-corrected chi connectivity index (χ2v) is 6.46. The second-order valence-electron chi connectivity index (χ2n) is 6.46. The zero-order valence-electron chi connectivity index (χ0n) is 13.0. The lowest BCUT2D eigenvalue weighted by molar-refractivity contribution is 0.0464. The van der Waals surface area contributed by atoms with Crippen LogP contribution in [0.25, 0.3) is 0 Å². The third-order valence-corrected chi connectivity index (χ3v) is 3.30. The molecule has 1 aromatic rings. The van der Waals surface area contributed by atoms with E-state index >= 15 is 0 Å². The van der Waals surface area contributed by atoms with E-state index in [0.717, 1.165) is 12.8 Å². The summed E-state index contributed by atoms with van der Waals surface area (Å²) in [4.78, 5) is 22.3. The number of hydrogen-bond donors (Lipinski definition) is 3. The van der Waals surface area contributed by atoms with Crippen LogP contribution in [0.1, 0.15) is 49.9 Å². The van der Waals surface area contributed by atoms with Crippen molar-refractivity contribution in [3.05, 3.63) is 23.7 Å². The molecule has 1 heterocycles. The van der Waals surface area contributed by atoms with E-state index in [1.165, 1.54) is 6.07 Å². The van der Waals surface area contributed by atoms with Crippen LogP contribution in [-0.4, -0.2) is 34.9 Å². The fraction of sp³-hybridized carbons (Fsp3) is 0.600. The number of hydrogen-bond acceptors (Lipinski definition) is 5. The Hall–Kier alpha value is -2.02. The highest BCUT2D eigenvalue weighted by molar-refractivity contribution is 5.84. The molecule has 1 aliphatic rings. The largest absolute Gasteiger partial charge is 0.475 e. The molecule has 0 spiro atoms. The summed E-state index contributed by atoms with van der Waals surface area (Å²) >= 11 is 0. The minimum absolute atomic E-state index is 0.0603. The molecule has 122 valence electrons. The van der Waals surface area contributed by atoms with Gasteiger partial charge in [-0.15, -0.1) is 0 Å². The predicted octanol–water partition coefficient (Wildman–Crippen LogP) is 2.12. The number of amides is 1. The average Bonchev–Trinajstić information content (AvgIpc) is 2.78. The number of carbonyl (C=O) groups excluding carboxylic acids is 1. The molecule has 1 fully saturated rings. The van der Waals surface area contributed by atoms with Crippen LogP contribution in [0.2, 0.25) is 0 Å². The van der Waals surface area contributed by atoms with E-state index in [1.54, 1.807) is 6.07 Å². The van der Waals surface area contributed by atoms with E-state index in [4.69, 9.17) is 14.3 Å². The van der Waals surface area contributed by atoms with Gasteiger partial charge >= 0.3 is 12.1 Å². The summed E-state index contributed by atoms with van der Waals surface area (Å²) in [5.74, 6) is -0.549. The highest BCUT2D eigenvalue weighted by atomic mass is 16.6. The zero-order valence-corrected chi connectivity index (χ0v) is 13.0. The standard InChI is InChI=1S/C15H22N2O5/c1-15(2,3)22-14(20)17-10-6-9(7-10)16-8-11-4-5-12(21-11)13(18)19/h4-5,9-10,16H,6-8H2,1-3H3,(H,17,20)(H,18,19). The molecule has 2 rings (SSSR count). The van der Waals surface area contributed by atoms with Crippen LogP contribution in [0.3, 0.4) is 0 Å². The Kier molecular flexibility index (Phi) is 4.75. The van der Waals surface area contributed by atoms with Gasteiger partial charge in [0, 0.05) is 12.1 Å². The van der Waals surface area contributed by atoms with Gasteiger partial charge in [-0.2, -0.15) is 0 Å². The molecule has 0 saturated heterocycles. The van der Waals surface area contributed by atoms with E-state index < -0.39 is 17.7 Å². The van der Waals surface area contributed by atoms with Crippen molar-refractivity contribution in [2.24, 2.45) is 0 Å². The minimum atomic E-state index is -1.07.